The Bertz CT molecular complexity index is 297. The third kappa shape index (κ3) is 2.62. The third-order valence-corrected chi connectivity index (χ3v) is 2.28. The lowest BCUT2D eigenvalue weighted by atomic mass is 10.3. The lowest BCUT2D eigenvalue weighted by molar-refractivity contribution is 0.318. The molecule has 0 atom stereocenters. The Morgan fingerprint density at radius 2 is 2.46 bits per heavy atom. The van der Waals surface area contributed by atoms with Crippen molar-refractivity contribution in [3.8, 4) is 0 Å². The average Bonchev–Trinajstić information content (AvgIpc) is 2.18. The number of hydrogen-bond donors (Lipinski definition) is 2. The minimum Gasteiger partial charge on any atom is -0.409 e. The standard InChI is InChI=1S/C8H11N3OS/c1-2-13-6-3-4-7(10-5-6)8(9)11-12/h3-5,12H,2H2,1H3,(H2,9,11). The maximum absolute atomic E-state index is 8.38. The number of pyridine rings is 1. The van der Waals surface area contributed by atoms with Crippen LogP contribution < -0.4 is 5.73 Å². The molecule has 0 aromatic carbocycles. The van der Waals surface area contributed by atoms with Crippen molar-refractivity contribution >= 4 is 17.6 Å². The van der Waals surface area contributed by atoms with Gasteiger partial charge in [0, 0.05) is 11.1 Å². The topological polar surface area (TPSA) is 71.5 Å². The van der Waals surface area contributed by atoms with Crippen LogP contribution in [-0.4, -0.2) is 21.8 Å². The summed E-state index contributed by atoms with van der Waals surface area (Å²) in [6.07, 6.45) is 1.71. The van der Waals surface area contributed by atoms with Crippen LogP contribution in [0.5, 0.6) is 0 Å². The van der Waals surface area contributed by atoms with Crippen LogP contribution in [0.1, 0.15) is 12.6 Å². The van der Waals surface area contributed by atoms with Gasteiger partial charge in [0.25, 0.3) is 0 Å². The fourth-order valence-corrected chi connectivity index (χ4v) is 1.46. The van der Waals surface area contributed by atoms with E-state index in [2.05, 4.69) is 17.1 Å². The molecule has 3 N–H and O–H groups in total. The molecule has 0 spiro atoms. The molecular formula is C8H11N3OS. The Labute approximate surface area is 80.9 Å². The van der Waals surface area contributed by atoms with Crippen molar-refractivity contribution in [1.29, 1.82) is 0 Å². The molecule has 0 saturated heterocycles. The molecule has 0 fully saturated rings. The number of hydrogen-bond acceptors (Lipinski definition) is 4. The zero-order chi connectivity index (χ0) is 9.68. The number of thioether (sulfide) groups is 1. The third-order valence-electron chi connectivity index (χ3n) is 1.42. The van der Waals surface area contributed by atoms with Crippen molar-refractivity contribution in [3.63, 3.8) is 0 Å². The van der Waals surface area contributed by atoms with Crippen LogP contribution in [0.25, 0.3) is 0 Å². The summed E-state index contributed by atoms with van der Waals surface area (Å²) in [5.74, 6) is 1.04. The van der Waals surface area contributed by atoms with Crippen LogP contribution in [0.3, 0.4) is 0 Å². The van der Waals surface area contributed by atoms with E-state index in [9.17, 15) is 0 Å². The number of amidine groups is 1. The van der Waals surface area contributed by atoms with E-state index in [-0.39, 0.29) is 5.84 Å². The van der Waals surface area contributed by atoms with Crippen molar-refractivity contribution in [2.75, 3.05) is 5.75 Å². The van der Waals surface area contributed by atoms with E-state index in [0.29, 0.717) is 5.69 Å². The van der Waals surface area contributed by atoms with Crippen LogP contribution in [0.4, 0.5) is 0 Å². The van der Waals surface area contributed by atoms with Gasteiger partial charge < -0.3 is 10.9 Å². The molecule has 0 aliphatic rings. The summed E-state index contributed by atoms with van der Waals surface area (Å²) < 4.78 is 0. The van der Waals surface area contributed by atoms with E-state index in [1.54, 1.807) is 24.0 Å². The van der Waals surface area contributed by atoms with Crippen LogP contribution in [0.15, 0.2) is 28.4 Å². The monoisotopic (exact) mass is 197 g/mol. The second-order valence-electron chi connectivity index (χ2n) is 2.30. The van der Waals surface area contributed by atoms with E-state index in [0.717, 1.165) is 10.6 Å². The Balaban J connectivity index is 2.81. The van der Waals surface area contributed by atoms with Gasteiger partial charge in [-0.3, -0.25) is 4.98 Å². The summed E-state index contributed by atoms with van der Waals surface area (Å²) in [5.41, 5.74) is 5.84. The minimum absolute atomic E-state index is 0.0352. The number of nitrogens with zero attached hydrogens (tertiary/aromatic N) is 2. The van der Waals surface area contributed by atoms with Gasteiger partial charge in [0.1, 0.15) is 5.69 Å². The molecule has 0 amide bonds. The molecule has 1 aromatic heterocycles. The van der Waals surface area contributed by atoms with Gasteiger partial charge >= 0.3 is 0 Å². The van der Waals surface area contributed by atoms with Crippen molar-refractivity contribution in [2.45, 2.75) is 11.8 Å². The molecule has 70 valence electrons. The highest BCUT2D eigenvalue weighted by Crippen LogP contribution is 2.15. The molecule has 13 heavy (non-hydrogen) atoms. The predicted octanol–water partition coefficient (Wildman–Crippen LogP) is 1.29. The van der Waals surface area contributed by atoms with Gasteiger partial charge in [-0.05, 0) is 17.9 Å². The highest BCUT2D eigenvalue weighted by Gasteiger charge is 1.99. The first-order valence-corrected chi connectivity index (χ1v) is 4.83. The van der Waals surface area contributed by atoms with Crippen molar-refractivity contribution in [1.82, 2.24) is 4.98 Å². The Kier molecular flexibility index (Phi) is 3.57. The second-order valence-corrected chi connectivity index (χ2v) is 3.63. The number of nitrogens with two attached hydrogens (primary N) is 1. The SMILES string of the molecule is CCSc1ccc(/C(N)=N/O)nc1. The molecule has 0 bridgehead atoms. The fourth-order valence-electron chi connectivity index (χ4n) is 0.835. The number of oxime groups is 1. The summed E-state index contributed by atoms with van der Waals surface area (Å²) in [4.78, 5) is 5.11. The van der Waals surface area contributed by atoms with Crippen LogP contribution in [0, 0.1) is 0 Å². The highest BCUT2D eigenvalue weighted by atomic mass is 32.2. The fraction of sp³-hybridized carbons (Fsp3) is 0.250. The number of rotatable bonds is 3. The van der Waals surface area contributed by atoms with Crippen molar-refractivity contribution < 1.29 is 5.21 Å². The first-order valence-electron chi connectivity index (χ1n) is 3.84. The molecule has 5 heteroatoms. The molecule has 1 aromatic rings. The first kappa shape index (κ1) is 9.85. The summed E-state index contributed by atoms with van der Waals surface area (Å²) in [6, 6.07) is 3.63. The quantitative estimate of drug-likeness (QED) is 0.252. The average molecular weight is 197 g/mol. The summed E-state index contributed by atoms with van der Waals surface area (Å²) in [6.45, 7) is 2.07. The van der Waals surface area contributed by atoms with Crippen molar-refractivity contribution in [3.05, 3.63) is 24.0 Å². The zero-order valence-electron chi connectivity index (χ0n) is 7.27. The smallest absolute Gasteiger partial charge is 0.188 e. The van der Waals surface area contributed by atoms with E-state index in [1.807, 2.05) is 6.07 Å². The molecule has 0 aliphatic carbocycles. The van der Waals surface area contributed by atoms with E-state index < -0.39 is 0 Å². The van der Waals surface area contributed by atoms with Gasteiger partial charge in [-0.2, -0.15) is 0 Å². The van der Waals surface area contributed by atoms with E-state index in [4.69, 9.17) is 10.9 Å². The van der Waals surface area contributed by atoms with Gasteiger partial charge in [0.15, 0.2) is 5.84 Å². The van der Waals surface area contributed by atoms with Crippen molar-refractivity contribution in [2.24, 2.45) is 10.9 Å². The molecule has 0 unspecified atom stereocenters. The molecular weight excluding hydrogens is 186 g/mol. The Hall–Kier alpha value is -1.23. The molecule has 0 radical (unpaired) electrons. The van der Waals surface area contributed by atoms with Gasteiger partial charge in [0.2, 0.25) is 0 Å². The van der Waals surface area contributed by atoms with Gasteiger partial charge in [-0.25, -0.2) is 0 Å². The van der Waals surface area contributed by atoms with Crippen LogP contribution in [-0.2, 0) is 0 Å². The Morgan fingerprint density at radius 1 is 1.69 bits per heavy atom. The first-order chi connectivity index (χ1) is 6.27. The van der Waals surface area contributed by atoms with Gasteiger partial charge in [-0.1, -0.05) is 12.1 Å². The predicted molar refractivity (Wildman–Crippen MR) is 53.1 cm³/mol. The molecule has 1 rings (SSSR count). The van der Waals surface area contributed by atoms with E-state index >= 15 is 0 Å². The molecule has 1 heterocycles. The van der Waals surface area contributed by atoms with Crippen LogP contribution >= 0.6 is 11.8 Å². The molecule has 0 aliphatic heterocycles. The van der Waals surface area contributed by atoms with E-state index in [1.165, 1.54) is 0 Å². The van der Waals surface area contributed by atoms with Crippen LogP contribution in [0.2, 0.25) is 0 Å². The second kappa shape index (κ2) is 4.71. The summed E-state index contributed by atoms with van der Waals surface area (Å²) in [5, 5.41) is 11.2. The Morgan fingerprint density at radius 3 is 2.92 bits per heavy atom. The number of aromatic nitrogens is 1. The molecule has 4 nitrogen and oxygen atoms in total. The lowest BCUT2D eigenvalue weighted by Gasteiger charge is -1.99. The maximum atomic E-state index is 8.38. The maximum Gasteiger partial charge on any atom is 0.188 e. The largest absolute Gasteiger partial charge is 0.409 e. The lowest BCUT2D eigenvalue weighted by Crippen LogP contribution is -2.14. The normalized spacial score (nSPS) is 11.6. The molecule has 0 saturated carbocycles. The van der Waals surface area contributed by atoms with Gasteiger partial charge in [-0.15, -0.1) is 11.8 Å². The van der Waals surface area contributed by atoms with Gasteiger partial charge in [0.05, 0.1) is 0 Å². The summed E-state index contributed by atoms with van der Waals surface area (Å²) >= 11 is 1.70. The minimum atomic E-state index is 0.0352. The zero-order valence-corrected chi connectivity index (χ0v) is 8.08. The summed E-state index contributed by atoms with van der Waals surface area (Å²) in [7, 11) is 0. The highest BCUT2D eigenvalue weighted by molar-refractivity contribution is 7.99.